The summed E-state index contributed by atoms with van der Waals surface area (Å²) in [5.41, 5.74) is 3.10. The average Bonchev–Trinajstić information content (AvgIpc) is 2.80. The van der Waals surface area contributed by atoms with E-state index in [4.69, 9.17) is 10.1 Å². The lowest BCUT2D eigenvalue weighted by molar-refractivity contribution is 0.155. The van der Waals surface area contributed by atoms with Crippen LogP contribution in [0.4, 0.5) is 0 Å². The summed E-state index contributed by atoms with van der Waals surface area (Å²) in [6.45, 7) is 0.340. The molecule has 0 spiro atoms. The molecule has 0 amide bonds. The first kappa shape index (κ1) is 17.1. The number of aliphatic hydroxyl groups excluding tert-OH is 1. The second kappa shape index (κ2) is 6.89. The lowest BCUT2D eigenvalue weighted by Gasteiger charge is -2.13. The van der Waals surface area contributed by atoms with Crippen LogP contribution in [0.1, 0.15) is 11.7 Å². The van der Waals surface area contributed by atoms with E-state index in [0.29, 0.717) is 12.2 Å². The monoisotopic (exact) mass is 333 g/mol. The molecule has 1 heterocycles. The van der Waals surface area contributed by atoms with Crippen LogP contribution < -0.4 is 10.4 Å². The van der Waals surface area contributed by atoms with Crippen LogP contribution in [-0.2, 0) is 13.6 Å². The topological polar surface area (TPSA) is 63.2 Å². The third-order valence-corrected chi connectivity index (χ3v) is 3.96. The Kier molecular flexibility index (Phi) is 5.13. The number of hydrogen-bond donors (Lipinski definition) is 2. The van der Waals surface area contributed by atoms with E-state index >= 15 is 0 Å². The van der Waals surface area contributed by atoms with Gasteiger partial charge >= 0.3 is 0 Å². The van der Waals surface area contributed by atoms with Crippen LogP contribution in [0.3, 0.4) is 0 Å². The first-order chi connectivity index (χ1) is 10.6. The highest BCUT2D eigenvalue weighted by Crippen LogP contribution is 2.20. The van der Waals surface area contributed by atoms with Gasteiger partial charge in [0.05, 0.1) is 30.8 Å². The van der Waals surface area contributed by atoms with Gasteiger partial charge in [-0.25, -0.2) is 0 Å². The lowest BCUT2D eigenvalue weighted by Crippen LogP contribution is -2.25. The molecule has 6 heteroatoms. The molecule has 1 aromatic heterocycles. The number of aliphatic hydroxyl groups is 1. The van der Waals surface area contributed by atoms with Crippen LogP contribution in [-0.4, -0.2) is 21.4 Å². The summed E-state index contributed by atoms with van der Waals surface area (Å²) in [7, 11) is 3.48. The van der Waals surface area contributed by atoms with Crippen molar-refractivity contribution < 1.29 is 9.84 Å². The largest absolute Gasteiger partial charge is 0.497 e. The Morgan fingerprint density at radius 1 is 1.09 bits per heavy atom. The second-order valence-corrected chi connectivity index (χ2v) is 5.27. The number of para-hydroxylation sites is 2. The highest BCUT2D eigenvalue weighted by Gasteiger charge is 2.13. The number of ether oxygens (including phenoxy) is 1. The number of nitrogens with one attached hydrogen (secondary N) is 1. The Balaban J connectivity index is 0.00000192. The van der Waals surface area contributed by atoms with Crippen LogP contribution in [0.2, 0.25) is 0 Å². The van der Waals surface area contributed by atoms with Crippen molar-refractivity contribution >= 4 is 23.4 Å². The van der Waals surface area contributed by atoms with E-state index in [-0.39, 0.29) is 12.4 Å². The van der Waals surface area contributed by atoms with Crippen molar-refractivity contribution in [1.29, 1.82) is 5.41 Å². The minimum Gasteiger partial charge on any atom is -0.497 e. The number of halogens is 1. The van der Waals surface area contributed by atoms with Gasteiger partial charge in [0.1, 0.15) is 5.75 Å². The predicted octanol–water partition coefficient (Wildman–Crippen LogP) is 2.62. The van der Waals surface area contributed by atoms with Crippen molar-refractivity contribution in [1.82, 2.24) is 9.13 Å². The molecule has 23 heavy (non-hydrogen) atoms. The molecule has 2 N–H and O–H groups in total. The fourth-order valence-corrected chi connectivity index (χ4v) is 2.67. The number of fused-ring (bicyclic) bond motifs is 1. The van der Waals surface area contributed by atoms with Gasteiger partial charge in [0.15, 0.2) is 0 Å². The summed E-state index contributed by atoms with van der Waals surface area (Å²) in [6, 6.07) is 15.2. The summed E-state index contributed by atoms with van der Waals surface area (Å²) in [5, 5.41) is 18.7. The smallest absolute Gasteiger partial charge is 0.202 e. The maximum absolute atomic E-state index is 10.5. The Labute approximate surface area is 140 Å². The van der Waals surface area contributed by atoms with Crippen LogP contribution in [0.25, 0.3) is 11.0 Å². The van der Waals surface area contributed by atoms with Gasteiger partial charge in [-0.3, -0.25) is 5.41 Å². The lowest BCUT2D eigenvalue weighted by atomic mass is 10.1. The molecule has 122 valence electrons. The van der Waals surface area contributed by atoms with Gasteiger partial charge in [0, 0.05) is 7.05 Å². The summed E-state index contributed by atoms with van der Waals surface area (Å²) in [6.07, 6.45) is -0.675. The maximum Gasteiger partial charge on any atom is 0.202 e. The summed E-state index contributed by atoms with van der Waals surface area (Å²) < 4.78 is 8.77. The Hall–Kier alpha value is -2.24. The molecule has 0 aliphatic heterocycles. The maximum atomic E-state index is 10.5. The van der Waals surface area contributed by atoms with Crippen LogP contribution in [0.5, 0.6) is 5.75 Å². The molecule has 0 aliphatic carbocycles. The number of methoxy groups -OCH3 is 1. The Morgan fingerprint density at radius 3 is 2.30 bits per heavy atom. The van der Waals surface area contributed by atoms with Crippen LogP contribution >= 0.6 is 12.4 Å². The SMILES string of the molecule is COc1ccc(C(O)Cn2c(=N)n(C)c3ccccc32)cc1.Cl. The average molecular weight is 334 g/mol. The first-order valence-corrected chi connectivity index (χ1v) is 7.12. The van der Waals surface area contributed by atoms with Crippen molar-refractivity contribution in [2.45, 2.75) is 12.6 Å². The molecule has 0 bridgehead atoms. The standard InChI is InChI=1S/C17H19N3O2.ClH/c1-19-14-5-3-4-6-15(14)20(17(19)18)11-16(21)12-7-9-13(22-2)10-8-12;/h3-10,16,18,21H,11H2,1-2H3;1H. The van der Waals surface area contributed by atoms with Crippen molar-refractivity contribution in [2.24, 2.45) is 7.05 Å². The van der Waals surface area contributed by atoms with Gasteiger partial charge in [0.25, 0.3) is 0 Å². The van der Waals surface area contributed by atoms with Gasteiger partial charge < -0.3 is 19.0 Å². The van der Waals surface area contributed by atoms with E-state index in [2.05, 4.69) is 0 Å². The zero-order chi connectivity index (χ0) is 15.7. The van der Waals surface area contributed by atoms with Gasteiger partial charge in [-0.1, -0.05) is 24.3 Å². The number of hydrogen-bond acceptors (Lipinski definition) is 3. The molecule has 0 radical (unpaired) electrons. The summed E-state index contributed by atoms with van der Waals surface area (Å²) in [5.74, 6) is 0.759. The molecule has 0 saturated carbocycles. The molecule has 0 fully saturated rings. The minimum absolute atomic E-state index is 0. The van der Waals surface area contributed by atoms with E-state index in [0.717, 1.165) is 22.3 Å². The van der Waals surface area contributed by atoms with Gasteiger partial charge in [-0.15, -0.1) is 12.4 Å². The molecule has 2 aromatic carbocycles. The van der Waals surface area contributed by atoms with Gasteiger partial charge in [0.2, 0.25) is 5.62 Å². The van der Waals surface area contributed by atoms with Gasteiger partial charge in [-0.2, -0.15) is 0 Å². The Morgan fingerprint density at radius 2 is 1.70 bits per heavy atom. The van der Waals surface area contributed by atoms with Crippen molar-refractivity contribution in [3.8, 4) is 5.75 Å². The molecule has 3 rings (SSSR count). The van der Waals surface area contributed by atoms with Gasteiger partial charge in [-0.05, 0) is 29.8 Å². The van der Waals surface area contributed by atoms with E-state index in [1.807, 2.05) is 64.7 Å². The number of aromatic nitrogens is 2. The van der Waals surface area contributed by atoms with E-state index in [1.165, 1.54) is 0 Å². The number of imidazole rings is 1. The number of aryl methyl sites for hydroxylation is 1. The fourth-order valence-electron chi connectivity index (χ4n) is 2.67. The highest BCUT2D eigenvalue weighted by molar-refractivity contribution is 5.85. The zero-order valence-electron chi connectivity index (χ0n) is 13.1. The molecule has 0 saturated heterocycles. The van der Waals surface area contributed by atoms with Crippen LogP contribution in [0, 0.1) is 5.41 Å². The quantitative estimate of drug-likeness (QED) is 0.771. The molecule has 1 unspecified atom stereocenters. The molecule has 1 atom stereocenters. The number of nitrogens with zero attached hydrogens (tertiary/aromatic N) is 2. The fraction of sp³-hybridized carbons (Fsp3) is 0.235. The summed E-state index contributed by atoms with van der Waals surface area (Å²) >= 11 is 0. The number of benzene rings is 2. The molecular weight excluding hydrogens is 314 g/mol. The normalized spacial score (nSPS) is 12.0. The van der Waals surface area contributed by atoms with Crippen LogP contribution in [0.15, 0.2) is 48.5 Å². The van der Waals surface area contributed by atoms with E-state index in [1.54, 1.807) is 7.11 Å². The van der Waals surface area contributed by atoms with Crippen molar-refractivity contribution in [2.75, 3.05) is 7.11 Å². The highest BCUT2D eigenvalue weighted by atomic mass is 35.5. The minimum atomic E-state index is -0.675. The first-order valence-electron chi connectivity index (χ1n) is 7.12. The predicted molar refractivity (Wildman–Crippen MR) is 92.0 cm³/mol. The van der Waals surface area contributed by atoms with E-state index < -0.39 is 6.10 Å². The third kappa shape index (κ3) is 3.11. The Bertz CT molecular complexity index is 852. The molecular formula is C17H20ClN3O2. The van der Waals surface area contributed by atoms with Crippen molar-refractivity contribution in [3.63, 3.8) is 0 Å². The summed E-state index contributed by atoms with van der Waals surface area (Å²) in [4.78, 5) is 0. The molecule has 5 nitrogen and oxygen atoms in total. The van der Waals surface area contributed by atoms with Crippen molar-refractivity contribution in [3.05, 3.63) is 59.7 Å². The molecule has 0 aliphatic rings. The zero-order valence-corrected chi connectivity index (χ0v) is 13.9. The second-order valence-electron chi connectivity index (χ2n) is 5.27. The third-order valence-electron chi connectivity index (χ3n) is 3.96. The molecule has 3 aromatic rings. The number of rotatable bonds is 4. The van der Waals surface area contributed by atoms with E-state index in [9.17, 15) is 5.11 Å².